The molecule has 1 aliphatic rings. The van der Waals surface area contributed by atoms with Crippen molar-refractivity contribution in [1.82, 2.24) is 4.90 Å². The van der Waals surface area contributed by atoms with Crippen molar-refractivity contribution in [2.45, 2.75) is 84.6 Å². The van der Waals surface area contributed by atoms with Crippen LogP contribution in [0.3, 0.4) is 0 Å². The van der Waals surface area contributed by atoms with Gasteiger partial charge in [0.2, 0.25) is 0 Å². The predicted molar refractivity (Wildman–Crippen MR) is 130 cm³/mol. The highest BCUT2D eigenvalue weighted by molar-refractivity contribution is 7.80. The minimum atomic E-state index is -0.183. The van der Waals surface area contributed by atoms with E-state index >= 15 is 0 Å². The molecule has 3 rings (SSSR count). The van der Waals surface area contributed by atoms with Gasteiger partial charge < -0.3 is 4.90 Å². The second kappa shape index (κ2) is 9.60. The van der Waals surface area contributed by atoms with Crippen LogP contribution in [0.25, 0.3) is 0 Å². The maximum Gasteiger partial charge on any atom is 0.123 e. The minimum absolute atomic E-state index is 0.183. The highest BCUT2D eigenvalue weighted by Gasteiger charge is 2.30. The topological polar surface area (TPSA) is 3.24 Å². The van der Waals surface area contributed by atoms with Gasteiger partial charge in [0.05, 0.1) is 6.04 Å². The summed E-state index contributed by atoms with van der Waals surface area (Å²) in [6, 6.07) is 12.0. The molecular weight excluding hydrogens is 389 g/mol. The van der Waals surface area contributed by atoms with Crippen LogP contribution >= 0.6 is 12.2 Å². The molecule has 1 aliphatic heterocycles. The van der Waals surface area contributed by atoms with Gasteiger partial charge in [0.25, 0.3) is 0 Å². The molecule has 30 heavy (non-hydrogen) atoms. The number of nitrogens with zero attached hydrogens (tertiary/aromatic N) is 1. The third-order valence-electron chi connectivity index (χ3n) is 6.36. The summed E-state index contributed by atoms with van der Waals surface area (Å²) in [6.45, 7) is 14.6. The Labute approximate surface area is 187 Å². The number of rotatable bonds is 5. The van der Waals surface area contributed by atoms with Crippen molar-refractivity contribution < 1.29 is 4.39 Å². The summed E-state index contributed by atoms with van der Waals surface area (Å²) >= 11 is 6.22. The molecule has 2 aromatic carbocycles. The monoisotopic (exact) mass is 425 g/mol. The molecule has 1 heterocycles. The van der Waals surface area contributed by atoms with E-state index in [1.54, 1.807) is 12.1 Å². The van der Waals surface area contributed by atoms with Gasteiger partial charge >= 0.3 is 0 Å². The summed E-state index contributed by atoms with van der Waals surface area (Å²) in [7, 11) is 0. The Morgan fingerprint density at radius 1 is 0.900 bits per heavy atom. The van der Waals surface area contributed by atoms with E-state index in [0.29, 0.717) is 17.8 Å². The van der Waals surface area contributed by atoms with Gasteiger partial charge in [0.15, 0.2) is 0 Å². The van der Waals surface area contributed by atoms with Crippen molar-refractivity contribution in [2.24, 2.45) is 0 Å². The molecular formula is C27H36FNS. The lowest BCUT2D eigenvalue weighted by molar-refractivity contribution is 0.249. The maximum atomic E-state index is 13.5. The Morgan fingerprint density at radius 3 is 1.97 bits per heavy atom. The van der Waals surface area contributed by atoms with Gasteiger partial charge in [-0.1, -0.05) is 78.0 Å². The van der Waals surface area contributed by atoms with Crippen molar-refractivity contribution in [3.8, 4) is 0 Å². The van der Waals surface area contributed by atoms with E-state index in [-0.39, 0.29) is 11.9 Å². The zero-order valence-corrected chi connectivity index (χ0v) is 20.2. The third-order valence-corrected chi connectivity index (χ3v) is 6.80. The second-order valence-corrected chi connectivity index (χ2v) is 9.99. The van der Waals surface area contributed by atoms with E-state index in [2.05, 4.69) is 58.6 Å². The van der Waals surface area contributed by atoms with E-state index in [1.165, 1.54) is 28.7 Å². The largest absolute Gasteiger partial charge is 0.355 e. The van der Waals surface area contributed by atoms with Gasteiger partial charge in [-0.25, -0.2) is 4.39 Å². The first kappa shape index (κ1) is 22.9. The average Bonchev–Trinajstić information content (AvgIpc) is 2.72. The molecule has 0 aliphatic carbocycles. The molecule has 0 aromatic heterocycles. The van der Waals surface area contributed by atoms with Gasteiger partial charge in [-0.05, 0) is 71.4 Å². The smallest absolute Gasteiger partial charge is 0.123 e. The Balaban J connectivity index is 2.10. The molecule has 0 N–H and O–H groups in total. The molecule has 1 nitrogen and oxygen atoms in total. The minimum Gasteiger partial charge on any atom is -0.355 e. The highest BCUT2D eigenvalue weighted by atomic mass is 32.1. The van der Waals surface area contributed by atoms with E-state index in [0.717, 1.165) is 29.9 Å². The van der Waals surface area contributed by atoms with E-state index < -0.39 is 0 Å². The zero-order chi connectivity index (χ0) is 22.0. The Kier molecular flexibility index (Phi) is 7.34. The Morgan fingerprint density at radius 2 is 1.47 bits per heavy atom. The molecule has 2 aromatic rings. The van der Waals surface area contributed by atoms with E-state index in [1.807, 2.05) is 12.1 Å². The normalized spacial score (nSPS) is 17.3. The summed E-state index contributed by atoms with van der Waals surface area (Å²) in [6.07, 6.45) is 3.39. The van der Waals surface area contributed by atoms with Gasteiger partial charge in [-0.2, -0.15) is 0 Å². The van der Waals surface area contributed by atoms with Crippen LogP contribution in [-0.2, 0) is 0 Å². The lowest BCUT2D eigenvalue weighted by Crippen LogP contribution is -2.39. The first-order chi connectivity index (χ1) is 14.2. The van der Waals surface area contributed by atoms with Gasteiger partial charge in [0.1, 0.15) is 10.8 Å². The molecule has 1 atom stereocenters. The van der Waals surface area contributed by atoms with Crippen molar-refractivity contribution >= 4 is 17.2 Å². The maximum absolute atomic E-state index is 13.5. The van der Waals surface area contributed by atoms with Crippen LogP contribution < -0.4 is 0 Å². The molecule has 0 spiro atoms. The fourth-order valence-corrected chi connectivity index (χ4v) is 5.01. The standard InChI is InChI=1S/C27H36FNS/c1-17(2)21-15-23(18(3)4)26(24(16-21)19(5)6)27(30)29-14-8-7-9-25(29)20-10-12-22(28)13-11-20/h10-13,15-19,25H,7-9,14H2,1-6H3/t25-/m1/s1. The number of piperidine rings is 1. The number of likely N-dealkylation sites (tertiary alicyclic amines) is 1. The predicted octanol–water partition coefficient (Wildman–Crippen LogP) is 8.10. The number of benzene rings is 2. The Bertz CT molecular complexity index is 853. The SMILES string of the molecule is CC(C)c1cc(C(C)C)c(C(=S)N2CCCC[C@@H]2c2ccc(F)cc2)c(C(C)C)c1. The van der Waals surface area contributed by atoms with Crippen molar-refractivity contribution in [1.29, 1.82) is 0 Å². The lowest BCUT2D eigenvalue weighted by Gasteiger charge is -2.39. The van der Waals surface area contributed by atoms with Gasteiger partial charge in [0, 0.05) is 12.1 Å². The van der Waals surface area contributed by atoms with Crippen LogP contribution in [0.1, 0.15) is 112 Å². The number of hydrogen-bond donors (Lipinski definition) is 0. The summed E-state index contributed by atoms with van der Waals surface area (Å²) in [5.74, 6) is 1.12. The zero-order valence-electron chi connectivity index (χ0n) is 19.3. The third kappa shape index (κ3) is 4.77. The Hall–Kier alpha value is -1.74. The summed E-state index contributed by atoms with van der Waals surface area (Å²) < 4.78 is 13.5. The first-order valence-electron chi connectivity index (χ1n) is 11.4. The fraction of sp³-hybridized carbons (Fsp3) is 0.519. The molecule has 162 valence electrons. The molecule has 0 amide bonds. The van der Waals surface area contributed by atoms with E-state index in [9.17, 15) is 4.39 Å². The average molecular weight is 426 g/mol. The van der Waals surface area contributed by atoms with Crippen LogP contribution in [0, 0.1) is 5.82 Å². The van der Waals surface area contributed by atoms with Crippen LogP contribution in [0.15, 0.2) is 36.4 Å². The van der Waals surface area contributed by atoms with Gasteiger partial charge in [-0.15, -0.1) is 0 Å². The number of halogens is 1. The van der Waals surface area contributed by atoms with Crippen LogP contribution in [0.5, 0.6) is 0 Å². The van der Waals surface area contributed by atoms with Crippen LogP contribution in [0.2, 0.25) is 0 Å². The summed E-state index contributed by atoms with van der Waals surface area (Å²) in [5, 5.41) is 0. The summed E-state index contributed by atoms with van der Waals surface area (Å²) in [5.41, 5.74) is 6.53. The van der Waals surface area contributed by atoms with Crippen molar-refractivity contribution in [3.63, 3.8) is 0 Å². The molecule has 0 radical (unpaired) electrons. The first-order valence-corrected chi connectivity index (χ1v) is 11.9. The molecule has 0 unspecified atom stereocenters. The molecule has 0 saturated carbocycles. The van der Waals surface area contributed by atoms with Crippen LogP contribution in [0.4, 0.5) is 4.39 Å². The second-order valence-electron chi connectivity index (χ2n) is 9.60. The molecule has 1 fully saturated rings. The quantitative estimate of drug-likeness (QED) is 0.445. The number of thiocarbonyl (C=S) groups is 1. The number of hydrogen-bond acceptors (Lipinski definition) is 1. The summed E-state index contributed by atoms with van der Waals surface area (Å²) in [4.78, 5) is 3.38. The van der Waals surface area contributed by atoms with Crippen molar-refractivity contribution in [3.05, 3.63) is 70.0 Å². The highest BCUT2D eigenvalue weighted by Crippen LogP contribution is 2.37. The van der Waals surface area contributed by atoms with Crippen molar-refractivity contribution in [2.75, 3.05) is 6.54 Å². The van der Waals surface area contributed by atoms with E-state index in [4.69, 9.17) is 12.2 Å². The van der Waals surface area contributed by atoms with Gasteiger partial charge in [-0.3, -0.25) is 0 Å². The fourth-order valence-electron chi connectivity index (χ4n) is 4.55. The molecule has 0 bridgehead atoms. The lowest BCUT2D eigenvalue weighted by atomic mass is 9.83. The molecule has 1 saturated heterocycles. The molecule has 3 heteroatoms. The van der Waals surface area contributed by atoms with Crippen LogP contribution in [-0.4, -0.2) is 16.4 Å².